The molecule has 1 unspecified atom stereocenters. The van der Waals surface area contributed by atoms with Crippen LogP contribution in [0.1, 0.15) is 64.1 Å². The lowest BCUT2D eigenvalue weighted by molar-refractivity contribution is 0.149. The van der Waals surface area contributed by atoms with Crippen LogP contribution in [0.4, 0.5) is 5.69 Å². The maximum absolute atomic E-state index is 6.00. The zero-order chi connectivity index (χ0) is 25.1. The lowest BCUT2D eigenvalue weighted by Gasteiger charge is -2.41. The zero-order valence-electron chi connectivity index (χ0n) is 21.4. The maximum Gasteiger partial charge on any atom is 0.219 e. The summed E-state index contributed by atoms with van der Waals surface area (Å²) in [6.07, 6.45) is 10.00. The molecule has 9 heteroatoms. The van der Waals surface area contributed by atoms with Crippen molar-refractivity contribution in [3.8, 4) is 11.6 Å². The van der Waals surface area contributed by atoms with Crippen molar-refractivity contribution in [2.24, 2.45) is 16.8 Å². The number of aromatic nitrogens is 4. The first-order valence-corrected chi connectivity index (χ1v) is 12.8. The zero-order valence-corrected chi connectivity index (χ0v) is 21.4. The number of aliphatic imine (C=N–C) groups is 1. The van der Waals surface area contributed by atoms with Crippen molar-refractivity contribution < 1.29 is 4.74 Å². The van der Waals surface area contributed by atoms with Crippen molar-refractivity contribution in [3.63, 3.8) is 0 Å². The van der Waals surface area contributed by atoms with Crippen molar-refractivity contribution in [3.05, 3.63) is 60.0 Å². The number of guanidine groups is 1. The topological polar surface area (TPSA) is 106 Å². The van der Waals surface area contributed by atoms with Gasteiger partial charge in [0.1, 0.15) is 5.75 Å². The van der Waals surface area contributed by atoms with Crippen molar-refractivity contribution in [1.82, 2.24) is 30.3 Å². The lowest BCUT2D eigenvalue weighted by atomic mass is 9.83. The van der Waals surface area contributed by atoms with Gasteiger partial charge in [0.25, 0.3) is 0 Å². The number of nitrogens with zero attached hydrogens (tertiary/aromatic N) is 6. The fraction of sp³-hybridized carbons (Fsp3) is 0.481. The highest BCUT2D eigenvalue weighted by Gasteiger charge is 2.34. The molecule has 1 saturated carbocycles. The van der Waals surface area contributed by atoms with E-state index < -0.39 is 0 Å². The number of fused-ring (bicyclic) bond motifs is 1. The highest BCUT2D eigenvalue weighted by Crippen LogP contribution is 2.35. The number of pyridine rings is 1. The number of nitrogens with one attached hydrogen (secondary N) is 1. The Balaban J connectivity index is 1.44. The van der Waals surface area contributed by atoms with E-state index in [0.29, 0.717) is 24.3 Å². The highest BCUT2D eigenvalue weighted by molar-refractivity contribution is 5.84. The molecule has 3 aromatic rings. The number of hydrogen-bond donors (Lipinski definition) is 2. The summed E-state index contributed by atoms with van der Waals surface area (Å²) in [5.74, 6) is 8.49. The van der Waals surface area contributed by atoms with Gasteiger partial charge in [0.15, 0.2) is 0 Å². The summed E-state index contributed by atoms with van der Waals surface area (Å²) in [4.78, 5) is 11.6. The largest absolute Gasteiger partial charge is 0.439 e. The van der Waals surface area contributed by atoms with Crippen molar-refractivity contribution in [2.45, 2.75) is 77.4 Å². The van der Waals surface area contributed by atoms with E-state index in [0.717, 1.165) is 29.2 Å². The monoisotopic (exact) mass is 488 g/mol. The quantitative estimate of drug-likeness (QED) is 0.383. The lowest BCUT2D eigenvalue weighted by Crippen LogP contribution is -2.54. The van der Waals surface area contributed by atoms with Gasteiger partial charge in [-0.25, -0.2) is 15.8 Å². The van der Waals surface area contributed by atoms with Gasteiger partial charge in [0.05, 0.1) is 30.2 Å². The maximum atomic E-state index is 6.00. The Kier molecular flexibility index (Phi) is 6.91. The summed E-state index contributed by atoms with van der Waals surface area (Å²) in [5.41, 5.74) is 5.67. The molecule has 9 nitrogen and oxygen atoms in total. The smallest absolute Gasteiger partial charge is 0.219 e. The highest BCUT2D eigenvalue weighted by atomic mass is 16.5. The van der Waals surface area contributed by atoms with Gasteiger partial charge in [-0.3, -0.25) is 10.1 Å². The first-order chi connectivity index (χ1) is 17.4. The third-order valence-corrected chi connectivity index (χ3v) is 7.15. The molecule has 0 amide bonds. The average molecular weight is 489 g/mol. The molecule has 0 saturated heterocycles. The van der Waals surface area contributed by atoms with Gasteiger partial charge in [-0.1, -0.05) is 63.4 Å². The molecule has 3 heterocycles. The second-order valence-electron chi connectivity index (χ2n) is 10.8. The number of hydrazine groups is 1. The molecule has 3 N–H and O–H groups in total. The fourth-order valence-corrected chi connectivity index (χ4v) is 5.13. The molecular formula is C27H36N8O. The van der Waals surface area contributed by atoms with Crippen LogP contribution in [0.25, 0.3) is 0 Å². The summed E-state index contributed by atoms with van der Waals surface area (Å²) in [7, 11) is 0. The third-order valence-electron chi connectivity index (χ3n) is 7.15. The molecule has 5 rings (SSSR count). The Hall–Kier alpha value is -3.46. The van der Waals surface area contributed by atoms with E-state index in [2.05, 4.69) is 52.6 Å². The molecule has 1 aromatic carbocycles. The van der Waals surface area contributed by atoms with E-state index in [1.165, 1.54) is 32.1 Å². The van der Waals surface area contributed by atoms with E-state index in [9.17, 15) is 0 Å². The normalized spacial score (nSPS) is 17.3. The minimum Gasteiger partial charge on any atom is -0.439 e. The van der Waals surface area contributed by atoms with Crippen molar-refractivity contribution in [2.75, 3.05) is 0 Å². The molecule has 2 aromatic heterocycles. The van der Waals surface area contributed by atoms with Crippen molar-refractivity contribution in [1.29, 1.82) is 0 Å². The Morgan fingerprint density at radius 2 is 1.92 bits per heavy atom. The number of nitrogens with two attached hydrogens (primary N) is 1. The van der Waals surface area contributed by atoms with Gasteiger partial charge < -0.3 is 9.64 Å². The molecule has 0 bridgehead atoms. The minimum absolute atomic E-state index is 0.0454. The summed E-state index contributed by atoms with van der Waals surface area (Å²) < 4.78 is 7.99. The van der Waals surface area contributed by atoms with E-state index in [-0.39, 0.29) is 11.5 Å². The molecule has 1 fully saturated rings. The SMILES string of the molecule is CC(C)(C)c1cn(CC(C2CCCCC2)N2Cc3cc(Oc4ccccc4)ncc3N=C2NN)nn1. The van der Waals surface area contributed by atoms with Gasteiger partial charge in [-0.15, -0.1) is 5.10 Å². The molecule has 1 atom stereocenters. The number of ether oxygens (including phenoxy) is 1. The molecule has 36 heavy (non-hydrogen) atoms. The Morgan fingerprint density at radius 3 is 2.61 bits per heavy atom. The van der Waals surface area contributed by atoms with E-state index >= 15 is 0 Å². The molecular weight excluding hydrogens is 452 g/mol. The van der Waals surface area contributed by atoms with Crippen LogP contribution in [0.3, 0.4) is 0 Å². The van der Waals surface area contributed by atoms with Crippen LogP contribution in [0.2, 0.25) is 0 Å². The van der Waals surface area contributed by atoms with Gasteiger partial charge in [-0.05, 0) is 30.9 Å². The summed E-state index contributed by atoms with van der Waals surface area (Å²) in [6, 6.07) is 11.9. The molecule has 190 valence electrons. The van der Waals surface area contributed by atoms with Crippen LogP contribution < -0.4 is 16.0 Å². The first kappa shape index (κ1) is 24.2. The van der Waals surface area contributed by atoms with Gasteiger partial charge in [0.2, 0.25) is 11.8 Å². The summed E-state index contributed by atoms with van der Waals surface area (Å²) >= 11 is 0. The van der Waals surface area contributed by atoms with E-state index in [1.54, 1.807) is 6.20 Å². The van der Waals surface area contributed by atoms with Crippen LogP contribution in [0, 0.1) is 5.92 Å². The van der Waals surface area contributed by atoms with Gasteiger partial charge >= 0.3 is 0 Å². The number of para-hydroxylation sites is 1. The summed E-state index contributed by atoms with van der Waals surface area (Å²) in [6.45, 7) is 7.87. The van der Waals surface area contributed by atoms with Crippen molar-refractivity contribution >= 4 is 11.6 Å². The molecule has 1 aliphatic carbocycles. The minimum atomic E-state index is -0.0454. The fourth-order valence-electron chi connectivity index (χ4n) is 5.13. The van der Waals surface area contributed by atoms with Gasteiger partial charge in [0, 0.05) is 29.8 Å². The van der Waals surface area contributed by atoms with E-state index in [4.69, 9.17) is 15.6 Å². The van der Waals surface area contributed by atoms with Crippen LogP contribution in [0.15, 0.2) is 53.8 Å². The predicted octanol–water partition coefficient (Wildman–Crippen LogP) is 4.68. The second-order valence-corrected chi connectivity index (χ2v) is 10.8. The molecule has 1 aliphatic heterocycles. The number of rotatable bonds is 6. The standard InChI is InChI=1S/C27H36N8O/c1-27(2,3)24-18-34(33-32-24)17-23(19-10-6-4-7-11-19)35-16-20-14-25(36-21-12-8-5-9-13-21)29-15-22(20)30-26(35)31-28/h5,8-9,12-15,18-19,23H,4,6-7,10-11,16-17,28H2,1-3H3,(H,30,31). The predicted molar refractivity (Wildman–Crippen MR) is 140 cm³/mol. The van der Waals surface area contributed by atoms with Crippen LogP contribution in [-0.2, 0) is 18.5 Å². The Labute approximate surface area is 212 Å². The Morgan fingerprint density at radius 1 is 1.14 bits per heavy atom. The number of benzene rings is 1. The summed E-state index contributed by atoms with van der Waals surface area (Å²) in [5, 5.41) is 8.94. The van der Waals surface area contributed by atoms with Crippen LogP contribution >= 0.6 is 0 Å². The average Bonchev–Trinajstić information content (AvgIpc) is 3.37. The van der Waals surface area contributed by atoms with E-state index in [1.807, 2.05) is 41.1 Å². The first-order valence-electron chi connectivity index (χ1n) is 12.8. The second kappa shape index (κ2) is 10.3. The van der Waals surface area contributed by atoms with Crippen LogP contribution in [0.5, 0.6) is 11.6 Å². The molecule has 0 spiro atoms. The third kappa shape index (κ3) is 5.36. The Bertz CT molecular complexity index is 1190. The van der Waals surface area contributed by atoms with Gasteiger partial charge in [-0.2, -0.15) is 0 Å². The molecule has 0 radical (unpaired) electrons. The number of hydrogen-bond acceptors (Lipinski definition) is 8. The van der Waals surface area contributed by atoms with Crippen LogP contribution in [-0.4, -0.2) is 36.9 Å². The molecule has 2 aliphatic rings.